The number of rotatable bonds is 19. The summed E-state index contributed by atoms with van der Waals surface area (Å²) in [5, 5.41) is 21.9. The third kappa shape index (κ3) is 10.5. The topological polar surface area (TPSA) is 65.7 Å². The highest BCUT2D eigenvalue weighted by molar-refractivity contribution is 5.85. The molecule has 1 fully saturated rings. The van der Waals surface area contributed by atoms with Crippen molar-refractivity contribution in [3.63, 3.8) is 0 Å². The molecule has 0 saturated carbocycles. The summed E-state index contributed by atoms with van der Waals surface area (Å²) >= 11 is 0. The SMILES string of the molecule is CCCCCCCCCCCCC(C#N)(CCCN1CCC(O)(c2ccccc2)CC1)c1ccc(OC)c(OC)c1.Cl. The molecule has 1 heterocycles. The molecular weight excluding hydrogens is 544 g/mol. The summed E-state index contributed by atoms with van der Waals surface area (Å²) in [6.45, 7) is 4.96. The lowest BCUT2D eigenvalue weighted by molar-refractivity contribution is -0.0262. The van der Waals surface area contributed by atoms with Crippen molar-refractivity contribution in [1.29, 1.82) is 5.26 Å². The van der Waals surface area contributed by atoms with Gasteiger partial charge in [-0.05, 0) is 61.9 Å². The van der Waals surface area contributed by atoms with Crippen molar-refractivity contribution in [1.82, 2.24) is 4.90 Å². The van der Waals surface area contributed by atoms with Crippen LogP contribution < -0.4 is 9.47 Å². The Morgan fingerprint density at radius 2 is 1.38 bits per heavy atom. The van der Waals surface area contributed by atoms with Gasteiger partial charge in [-0.25, -0.2) is 0 Å². The van der Waals surface area contributed by atoms with E-state index in [4.69, 9.17) is 9.47 Å². The van der Waals surface area contributed by atoms with Gasteiger partial charge in [-0.1, -0.05) is 108 Å². The molecule has 3 rings (SSSR count). The van der Waals surface area contributed by atoms with Gasteiger partial charge in [-0.3, -0.25) is 0 Å². The van der Waals surface area contributed by atoms with Crippen LogP contribution in [-0.2, 0) is 11.0 Å². The Balaban J connectivity index is 0.00000616. The van der Waals surface area contributed by atoms with Gasteiger partial charge >= 0.3 is 0 Å². The average Bonchev–Trinajstić information content (AvgIpc) is 3.02. The number of methoxy groups -OCH3 is 2. The molecule has 1 aliphatic rings. The Kier molecular flexibility index (Phi) is 16.3. The molecule has 1 atom stereocenters. The fourth-order valence-corrected chi connectivity index (χ4v) is 6.43. The van der Waals surface area contributed by atoms with Crippen LogP contribution in [0.4, 0.5) is 0 Å². The molecule has 6 heteroatoms. The maximum absolute atomic E-state index is 11.2. The maximum atomic E-state index is 11.2. The van der Waals surface area contributed by atoms with Crippen LogP contribution in [0.5, 0.6) is 11.5 Å². The second kappa shape index (κ2) is 19.1. The molecule has 42 heavy (non-hydrogen) atoms. The first kappa shape index (κ1) is 35.9. The van der Waals surface area contributed by atoms with Gasteiger partial charge in [0.2, 0.25) is 0 Å². The molecule has 0 spiro atoms. The van der Waals surface area contributed by atoms with E-state index >= 15 is 0 Å². The molecule has 234 valence electrons. The summed E-state index contributed by atoms with van der Waals surface area (Å²) in [6, 6.07) is 18.9. The summed E-state index contributed by atoms with van der Waals surface area (Å²) in [6.07, 6.45) is 17.0. The Labute approximate surface area is 262 Å². The van der Waals surface area contributed by atoms with Crippen molar-refractivity contribution in [2.45, 2.75) is 114 Å². The van der Waals surface area contributed by atoms with Crippen molar-refractivity contribution in [2.75, 3.05) is 33.9 Å². The number of aliphatic hydroxyl groups is 1. The number of ether oxygens (including phenoxy) is 2. The molecule has 0 aromatic heterocycles. The lowest BCUT2D eigenvalue weighted by atomic mass is 9.73. The van der Waals surface area contributed by atoms with E-state index in [-0.39, 0.29) is 12.4 Å². The van der Waals surface area contributed by atoms with E-state index in [0.717, 1.165) is 69.3 Å². The molecule has 2 aromatic rings. The van der Waals surface area contributed by atoms with Crippen LogP contribution in [0.3, 0.4) is 0 Å². The van der Waals surface area contributed by atoms with Crippen molar-refractivity contribution in [3.05, 3.63) is 59.7 Å². The van der Waals surface area contributed by atoms with Crippen molar-refractivity contribution in [3.8, 4) is 17.6 Å². The number of hydrogen-bond donors (Lipinski definition) is 1. The van der Waals surface area contributed by atoms with Crippen LogP contribution >= 0.6 is 12.4 Å². The predicted molar refractivity (Wildman–Crippen MR) is 176 cm³/mol. The number of nitriles is 1. The van der Waals surface area contributed by atoms with Gasteiger partial charge in [0.15, 0.2) is 11.5 Å². The lowest BCUT2D eigenvalue weighted by Gasteiger charge is -2.39. The van der Waals surface area contributed by atoms with Crippen LogP contribution in [0.1, 0.15) is 114 Å². The minimum atomic E-state index is -0.733. The summed E-state index contributed by atoms with van der Waals surface area (Å²) < 4.78 is 11.1. The Morgan fingerprint density at radius 3 is 1.95 bits per heavy atom. The fourth-order valence-electron chi connectivity index (χ4n) is 6.43. The number of halogens is 1. The normalized spacial score (nSPS) is 16.2. The monoisotopic (exact) mass is 598 g/mol. The van der Waals surface area contributed by atoms with Gasteiger partial charge in [0.1, 0.15) is 0 Å². The van der Waals surface area contributed by atoms with Crippen molar-refractivity contribution in [2.24, 2.45) is 0 Å². The van der Waals surface area contributed by atoms with Gasteiger partial charge in [0.25, 0.3) is 0 Å². The molecular formula is C36H55ClN2O3. The van der Waals surface area contributed by atoms with Gasteiger partial charge in [0.05, 0.1) is 31.3 Å². The van der Waals surface area contributed by atoms with E-state index in [0.29, 0.717) is 11.5 Å². The average molecular weight is 599 g/mol. The standard InChI is InChI=1S/C36H54N2O3.ClH/c1-4-5-6-7-8-9-10-11-12-16-22-35(30-37,32-20-21-33(40-2)34(29-32)41-3)23-17-26-38-27-24-36(39,25-28-38)31-18-14-13-15-19-31;/h13-15,18-21,29,39H,4-12,16-17,22-28H2,1-3H3;1H. The summed E-state index contributed by atoms with van der Waals surface area (Å²) in [4.78, 5) is 2.45. The van der Waals surface area contributed by atoms with Crippen LogP contribution in [-0.4, -0.2) is 43.9 Å². The third-order valence-corrected chi connectivity index (χ3v) is 9.18. The third-order valence-electron chi connectivity index (χ3n) is 9.18. The molecule has 0 bridgehead atoms. The largest absolute Gasteiger partial charge is 0.493 e. The number of unbranched alkanes of at least 4 members (excludes halogenated alkanes) is 9. The van der Waals surface area contributed by atoms with Crippen LogP contribution in [0, 0.1) is 11.3 Å². The van der Waals surface area contributed by atoms with E-state index in [9.17, 15) is 10.4 Å². The summed E-state index contributed by atoms with van der Waals surface area (Å²) in [7, 11) is 3.31. The Hall–Kier alpha value is -2.26. The molecule has 1 N–H and O–H groups in total. The zero-order chi connectivity index (χ0) is 29.4. The Morgan fingerprint density at radius 1 is 0.810 bits per heavy atom. The zero-order valence-electron chi connectivity index (χ0n) is 26.4. The molecule has 1 aliphatic heterocycles. The maximum Gasteiger partial charge on any atom is 0.161 e. The number of hydrogen-bond acceptors (Lipinski definition) is 5. The highest BCUT2D eigenvalue weighted by Crippen LogP contribution is 2.40. The van der Waals surface area contributed by atoms with Gasteiger partial charge in [-0.2, -0.15) is 5.26 Å². The molecule has 0 radical (unpaired) electrons. The smallest absolute Gasteiger partial charge is 0.161 e. The van der Waals surface area contributed by atoms with Gasteiger partial charge < -0.3 is 19.5 Å². The van der Waals surface area contributed by atoms with E-state index in [1.807, 2.05) is 42.5 Å². The van der Waals surface area contributed by atoms with E-state index in [1.165, 1.54) is 57.8 Å². The predicted octanol–water partition coefficient (Wildman–Crippen LogP) is 8.96. The molecule has 0 aliphatic carbocycles. The highest BCUT2D eigenvalue weighted by Gasteiger charge is 2.35. The van der Waals surface area contributed by atoms with E-state index < -0.39 is 11.0 Å². The highest BCUT2D eigenvalue weighted by atomic mass is 35.5. The van der Waals surface area contributed by atoms with Crippen LogP contribution in [0.2, 0.25) is 0 Å². The summed E-state index contributed by atoms with van der Waals surface area (Å²) in [5.74, 6) is 1.38. The lowest BCUT2D eigenvalue weighted by Crippen LogP contribution is -2.43. The summed E-state index contributed by atoms with van der Waals surface area (Å²) in [5.41, 5.74) is 0.780. The first-order valence-electron chi connectivity index (χ1n) is 16.1. The first-order chi connectivity index (χ1) is 20.0. The second-order valence-electron chi connectivity index (χ2n) is 12.0. The van der Waals surface area contributed by atoms with Crippen molar-refractivity contribution < 1.29 is 14.6 Å². The molecule has 5 nitrogen and oxygen atoms in total. The van der Waals surface area contributed by atoms with E-state index in [2.05, 4.69) is 24.0 Å². The van der Waals surface area contributed by atoms with Crippen LogP contribution in [0.25, 0.3) is 0 Å². The number of likely N-dealkylation sites (tertiary alicyclic amines) is 1. The molecule has 0 amide bonds. The zero-order valence-corrected chi connectivity index (χ0v) is 27.2. The molecule has 2 aromatic carbocycles. The number of nitrogens with zero attached hydrogens (tertiary/aromatic N) is 2. The van der Waals surface area contributed by atoms with Gasteiger partial charge in [0, 0.05) is 13.1 Å². The molecule has 1 saturated heterocycles. The quantitative estimate of drug-likeness (QED) is 0.163. The molecule has 1 unspecified atom stereocenters. The van der Waals surface area contributed by atoms with E-state index in [1.54, 1.807) is 14.2 Å². The van der Waals surface area contributed by atoms with Gasteiger partial charge in [-0.15, -0.1) is 12.4 Å². The Bertz CT molecular complexity index is 1050. The second-order valence-corrected chi connectivity index (χ2v) is 12.0. The van der Waals surface area contributed by atoms with Crippen molar-refractivity contribution >= 4 is 12.4 Å². The fraction of sp³-hybridized carbons (Fsp3) is 0.639. The first-order valence-corrected chi connectivity index (χ1v) is 16.1. The minimum Gasteiger partial charge on any atom is -0.493 e. The van der Waals surface area contributed by atoms with Crippen LogP contribution in [0.15, 0.2) is 48.5 Å². The number of benzene rings is 2. The number of piperidine rings is 1. The minimum absolute atomic E-state index is 0.